The summed E-state index contributed by atoms with van der Waals surface area (Å²) < 4.78 is 5.30. The van der Waals surface area contributed by atoms with Gasteiger partial charge in [0.25, 0.3) is 0 Å². The van der Waals surface area contributed by atoms with Crippen LogP contribution in [0.25, 0.3) is 11.3 Å². The van der Waals surface area contributed by atoms with Gasteiger partial charge in [0.1, 0.15) is 5.75 Å². The molecular formula is C27H35N3O2. The van der Waals surface area contributed by atoms with E-state index in [-0.39, 0.29) is 11.8 Å². The van der Waals surface area contributed by atoms with Gasteiger partial charge in [-0.3, -0.25) is 4.79 Å². The summed E-state index contributed by atoms with van der Waals surface area (Å²) >= 11 is 0. The van der Waals surface area contributed by atoms with Gasteiger partial charge in [-0.25, -0.2) is 9.97 Å². The van der Waals surface area contributed by atoms with Crippen molar-refractivity contribution in [3.8, 4) is 17.0 Å². The number of nitrogens with one attached hydrogen (secondary N) is 1. The number of hydrogen-bond donors (Lipinski definition) is 1. The van der Waals surface area contributed by atoms with Crippen molar-refractivity contribution in [3.63, 3.8) is 0 Å². The van der Waals surface area contributed by atoms with E-state index < -0.39 is 0 Å². The standard InChI is InChI=1S/C27H35N3O2/c1-4-17(2)26(31)30-25-23(15-27-12-18-9-19(13-27)11-20(10-18)14-27)29-24(16-28-25)21-5-7-22(32-3)8-6-21/h5-8,16-20H,4,9-15H2,1-3H3,(H,28,30,31). The average Bonchev–Trinajstić information content (AvgIpc) is 2.78. The highest BCUT2D eigenvalue weighted by molar-refractivity contribution is 5.92. The summed E-state index contributed by atoms with van der Waals surface area (Å²) in [6.07, 6.45) is 11.7. The number of carbonyl (C=O) groups is 1. The van der Waals surface area contributed by atoms with Crippen LogP contribution in [0.2, 0.25) is 0 Å². The zero-order valence-electron chi connectivity index (χ0n) is 19.6. The van der Waals surface area contributed by atoms with Gasteiger partial charge in [-0.05, 0) is 98.8 Å². The molecule has 0 saturated heterocycles. The molecule has 2 aromatic rings. The van der Waals surface area contributed by atoms with Crippen LogP contribution in [0, 0.1) is 29.1 Å². The van der Waals surface area contributed by atoms with Gasteiger partial charge in [-0.15, -0.1) is 0 Å². The Labute approximate surface area is 191 Å². The lowest BCUT2D eigenvalue weighted by Gasteiger charge is -2.57. The maximum atomic E-state index is 12.7. The van der Waals surface area contributed by atoms with Gasteiger partial charge in [-0.1, -0.05) is 13.8 Å². The number of benzene rings is 1. The van der Waals surface area contributed by atoms with E-state index in [9.17, 15) is 4.79 Å². The summed E-state index contributed by atoms with van der Waals surface area (Å²) in [5, 5.41) is 3.11. The second-order valence-corrected chi connectivity index (χ2v) is 10.7. The molecule has 4 bridgehead atoms. The molecule has 4 aliphatic carbocycles. The first-order valence-corrected chi connectivity index (χ1v) is 12.3. The Morgan fingerprint density at radius 2 is 1.75 bits per heavy atom. The summed E-state index contributed by atoms with van der Waals surface area (Å²) in [6.45, 7) is 4.01. The van der Waals surface area contributed by atoms with E-state index in [0.717, 1.165) is 53.3 Å². The molecule has 1 amide bonds. The quantitative estimate of drug-likeness (QED) is 0.591. The molecule has 1 unspecified atom stereocenters. The van der Waals surface area contributed by atoms with Gasteiger partial charge >= 0.3 is 0 Å². The molecule has 1 aromatic carbocycles. The van der Waals surface area contributed by atoms with E-state index in [2.05, 4.69) is 5.32 Å². The maximum absolute atomic E-state index is 12.7. The van der Waals surface area contributed by atoms with Crippen molar-refractivity contribution in [2.45, 2.75) is 65.2 Å². The molecule has 4 fully saturated rings. The number of rotatable bonds is 7. The van der Waals surface area contributed by atoms with Crippen molar-refractivity contribution in [1.29, 1.82) is 0 Å². The summed E-state index contributed by atoms with van der Waals surface area (Å²) in [7, 11) is 1.67. The highest BCUT2D eigenvalue weighted by atomic mass is 16.5. The fourth-order valence-electron chi connectivity index (χ4n) is 6.84. The van der Waals surface area contributed by atoms with E-state index in [1.165, 1.54) is 38.5 Å². The van der Waals surface area contributed by atoms with Crippen molar-refractivity contribution in [2.24, 2.45) is 29.1 Å². The highest BCUT2D eigenvalue weighted by Crippen LogP contribution is 2.61. The number of carbonyl (C=O) groups excluding carboxylic acids is 1. The molecule has 5 nitrogen and oxygen atoms in total. The number of amides is 1. The number of nitrogens with zero attached hydrogens (tertiary/aromatic N) is 2. The SMILES string of the molecule is CCC(C)C(=O)Nc1ncc(-c2ccc(OC)cc2)nc1CC12CC3CC(CC(C3)C1)C2. The molecule has 0 aliphatic heterocycles. The van der Waals surface area contributed by atoms with Gasteiger partial charge in [0.05, 0.1) is 24.7 Å². The third-order valence-corrected chi connectivity index (χ3v) is 8.24. The van der Waals surface area contributed by atoms with Crippen LogP contribution in [-0.4, -0.2) is 23.0 Å². The van der Waals surface area contributed by atoms with Crippen LogP contribution < -0.4 is 10.1 Å². The van der Waals surface area contributed by atoms with E-state index in [1.807, 2.05) is 38.1 Å². The molecule has 32 heavy (non-hydrogen) atoms. The minimum absolute atomic E-state index is 0.0331. The molecule has 1 heterocycles. The Hall–Kier alpha value is -2.43. The fourth-order valence-corrected chi connectivity index (χ4v) is 6.84. The van der Waals surface area contributed by atoms with E-state index in [1.54, 1.807) is 13.3 Å². The lowest BCUT2D eigenvalue weighted by molar-refractivity contribution is -0.119. The summed E-state index contributed by atoms with van der Waals surface area (Å²) in [5.74, 6) is 4.14. The van der Waals surface area contributed by atoms with Gasteiger partial charge < -0.3 is 10.1 Å². The van der Waals surface area contributed by atoms with E-state index in [0.29, 0.717) is 11.2 Å². The zero-order chi connectivity index (χ0) is 22.3. The minimum atomic E-state index is -0.0366. The van der Waals surface area contributed by atoms with E-state index >= 15 is 0 Å². The van der Waals surface area contributed by atoms with Gasteiger partial charge in [-0.2, -0.15) is 0 Å². The van der Waals surface area contributed by atoms with Crippen LogP contribution in [0.15, 0.2) is 30.5 Å². The van der Waals surface area contributed by atoms with Crippen molar-refractivity contribution in [1.82, 2.24) is 9.97 Å². The molecule has 0 radical (unpaired) electrons. The minimum Gasteiger partial charge on any atom is -0.497 e. The maximum Gasteiger partial charge on any atom is 0.228 e. The Bertz CT molecular complexity index is 950. The topological polar surface area (TPSA) is 64.1 Å². The summed E-state index contributed by atoms with van der Waals surface area (Å²) in [5.41, 5.74) is 3.16. The monoisotopic (exact) mass is 433 g/mol. The number of hydrogen-bond acceptors (Lipinski definition) is 4. The number of methoxy groups -OCH3 is 1. The zero-order valence-corrected chi connectivity index (χ0v) is 19.6. The predicted molar refractivity (Wildman–Crippen MR) is 126 cm³/mol. The van der Waals surface area contributed by atoms with Crippen LogP contribution in [0.4, 0.5) is 5.82 Å². The van der Waals surface area contributed by atoms with Crippen molar-refractivity contribution in [2.75, 3.05) is 12.4 Å². The second kappa shape index (κ2) is 8.49. The molecule has 1 N–H and O–H groups in total. The first-order valence-electron chi connectivity index (χ1n) is 12.3. The molecule has 4 saturated carbocycles. The van der Waals surface area contributed by atoms with Crippen LogP contribution in [0.1, 0.15) is 64.5 Å². The third-order valence-electron chi connectivity index (χ3n) is 8.24. The highest BCUT2D eigenvalue weighted by Gasteiger charge is 2.51. The smallest absolute Gasteiger partial charge is 0.228 e. The van der Waals surface area contributed by atoms with Crippen molar-refractivity contribution in [3.05, 3.63) is 36.2 Å². The molecule has 5 heteroatoms. The molecule has 4 aliphatic rings. The van der Waals surface area contributed by atoms with Crippen LogP contribution in [0.3, 0.4) is 0 Å². The first kappa shape index (κ1) is 21.4. The van der Waals surface area contributed by atoms with Gasteiger partial charge in [0.2, 0.25) is 5.91 Å². The fraction of sp³-hybridized carbons (Fsp3) is 0.593. The summed E-state index contributed by atoms with van der Waals surface area (Å²) in [4.78, 5) is 22.5. The van der Waals surface area contributed by atoms with Crippen molar-refractivity contribution < 1.29 is 9.53 Å². The summed E-state index contributed by atoms with van der Waals surface area (Å²) in [6, 6.07) is 7.95. The van der Waals surface area contributed by atoms with Crippen LogP contribution in [0.5, 0.6) is 5.75 Å². The third kappa shape index (κ3) is 4.14. The lowest BCUT2D eigenvalue weighted by atomic mass is 9.48. The normalized spacial score (nSPS) is 29.0. The van der Waals surface area contributed by atoms with E-state index in [4.69, 9.17) is 14.7 Å². The Balaban J connectivity index is 1.47. The number of anilines is 1. The largest absolute Gasteiger partial charge is 0.497 e. The first-order chi connectivity index (χ1) is 15.5. The lowest BCUT2D eigenvalue weighted by Crippen LogP contribution is -2.47. The number of ether oxygens (including phenoxy) is 1. The molecule has 1 aromatic heterocycles. The Morgan fingerprint density at radius 1 is 1.12 bits per heavy atom. The molecule has 6 rings (SSSR count). The average molecular weight is 434 g/mol. The Kier molecular flexibility index (Phi) is 5.68. The van der Waals surface area contributed by atoms with Crippen molar-refractivity contribution >= 4 is 11.7 Å². The molecular weight excluding hydrogens is 398 g/mol. The van der Waals surface area contributed by atoms with Gasteiger partial charge in [0, 0.05) is 11.5 Å². The predicted octanol–water partition coefficient (Wildman–Crippen LogP) is 5.90. The van der Waals surface area contributed by atoms with Gasteiger partial charge in [0.15, 0.2) is 5.82 Å². The molecule has 170 valence electrons. The Morgan fingerprint density at radius 3 is 2.31 bits per heavy atom. The molecule has 0 spiro atoms. The second-order valence-electron chi connectivity index (χ2n) is 10.7. The molecule has 1 atom stereocenters. The van der Waals surface area contributed by atoms with Crippen LogP contribution in [-0.2, 0) is 11.2 Å². The number of aromatic nitrogens is 2. The van der Waals surface area contributed by atoms with Crippen LogP contribution >= 0.6 is 0 Å².